The quantitative estimate of drug-likeness (QED) is 0.615. The van der Waals surface area contributed by atoms with Crippen molar-refractivity contribution in [2.24, 2.45) is 0 Å². The van der Waals surface area contributed by atoms with Crippen LogP contribution in [0.1, 0.15) is 5.56 Å². The van der Waals surface area contributed by atoms with Gasteiger partial charge < -0.3 is 9.47 Å². The van der Waals surface area contributed by atoms with E-state index in [-0.39, 0.29) is 6.61 Å². The minimum atomic E-state index is -4.46. The van der Waals surface area contributed by atoms with Crippen LogP contribution in [0.5, 0.6) is 0 Å². The maximum Gasteiger partial charge on any atom is 0.411 e. The summed E-state index contributed by atoms with van der Waals surface area (Å²) in [6.07, 6.45) is -3.06. The molecule has 1 aromatic rings. The van der Waals surface area contributed by atoms with Crippen LogP contribution in [0, 0.1) is 0 Å². The molecule has 1 heterocycles. The fourth-order valence-corrected chi connectivity index (χ4v) is 1.06. The molecule has 0 saturated carbocycles. The fraction of sp³-hybridized carbons (Fsp3) is 0.400. The number of rotatable bonds is 5. The lowest BCUT2D eigenvalue weighted by Gasteiger charge is -2.07. The number of alkyl halides is 3. The number of hydrogen-bond donors (Lipinski definition) is 0. The van der Waals surface area contributed by atoms with Gasteiger partial charge in [0.05, 0.1) is 0 Å². The highest BCUT2D eigenvalue weighted by Gasteiger charge is 2.27. The van der Waals surface area contributed by atoms with Crippen LogP contribution in [0.3, 0.4) is 0 Å². The third-order valence-corrected chi connectivity index (χ3v) is 1.90. The third-order valence-electron chi connectivity index (χ3n) is 1.67. The number of hydrogen-bond acceptors (Lipinski definition) is 4. The second kappa shape index (κ2) is 6.55. The molecule has 0 unspecified atom stereocenters. The summed E-state index contributed by atoms with van der Waals surface area (Å²) in [7, 11) is 0. The Bertz CT molecular complexity index is 394. The average molecular weight is 284 g/mol. The average Bonchev–Trinajstić information content (AvgIpc) is 2.26. The van der Waals surface area contributed by atoms with E-state index in [1.54, 1.807) is 6.07 Å². The first-order valence-electron chi connectivity index (χ1n) is 4.77. The van der Waals surface area contributed by atoms with Gasteiger partial charge in [-0.15, -0.1) is 0 Å². The van der Waals surface area contributed by atoms with Gasteiger partial charge in [0.25, 0.3) is 0 Å². The summed E-state index contributed by atoms with van der Waals surface area (Å²) in [5.74, 6) is -0.880. The molecule has 0 aromatic carbocycles. The van der Waals surface area contributed by atoms with Crippen LogP contribution in [0.25, 0.3) is 0 Å². The molecule has 0 N–H and O–H groups in total. The number of pyridine rings is 1. The molecule has 0 fully saturated rings. The Balaban J connectivity index is 2.23. The van der Waals surface area contributed by atoms with Crippen LogP contribution in [0.2, 0.25) is 5.15 Å². The number of halogens is 4. The van der Waals surface area contributed by atoms with Gasteiger partial charge in [-0.05, 0) is 6.07 Å². The molecule has 1 aromatic heterocycles. The van der Waals surface area contributed by atoms with Crippen molar-refractivity contribution in [2.45, 2.75) is 12.8 Å². The van der Waals surface area contributed by atoms with E-state index >= 15 is 0 Å². The van der Waals surface area contributed by atoms with Gasteiger partial charge >= 0.3 is 12.1 Å². The summed E-state index contributed by atoms with van der Waals surface area (Å²) >= 11 is 5.54. The molecule has 0 radical (unpaired) electrons. The minimum Gasteiger partial charge on any atom is -0.459 e. The van der Waals surface area contributed by atoms with Crippen molar-refractivity contribution >= 4 is 17.6 Å². The summed E-state index contributed by atoms with van der Waals surface area (Å²) in [5, 5.41) is 0.290. The first-order valence-corrected chi connectivity index (χ1v) is 5.15. The standard InChI is InChI=1S/C10H9ClF3NO3/c11-8-2-1-7(3-15-8)4-18-9(16)5-17-6-10(12,13)14/h1-3H,4-6H2. The molecule has 0 bridgehead atoms. The van der Waals surface area contributed by atoms with Crippen LogP contribution in [-0.2, 0) is 20.9 Å². The highest BCUT2D eigenvalue weighted by molar-refractivity contribution is 6.29. The van der Waals surface area contributed by atoms with Crippen LogP contribution < -0.4 is 0 Å². The number of esters is 1. The SMILES string of the molecule is O=C(COCC(F)(F)F)OCc1ccc(Cl)nc1. The maximum atomic E-state index is 11.7. The minimum absolute atomic E-state index is 0.0988. The van der Waals surface area contributed by atoms with Gasteiger partial charge in [0, 0.05) is 11.8 Å². The van der Waals surface area contributed by atoms with E-state index in [0.29, 0.717) is 10.7 Å². The Morgan fingerprint density at radius 2 is 2.11 bits per heavy atom. The molecular formula is C10H9ClF3NO3. The molecule has 8 heteroatoms. The number of carbonyl (C=O) groups is 1. The van der Waals surface area contributed by atoms with Crippen LogP contribution in [0.4, 0.5) is 13.2 Å². The lowest BCUT2D eigenvalue weighted by Crippen LogP contribution is -2.21. The second-order valence-electron chi connectivity index (χ2n) is 3.26. The maximum absolute atomic E-state index is 11.7. The van der Waals surface area contributed by atoms with Gasteiger partial charge in [-0.3, -0.25) is 0 Å². The fourth-order valence-electron chi connectivity index (χ4n) is 0.947. The number of carbonyl (C=O) groups excluding carboxylic acids is 1. The van der Waals surface area contributed by atoms with Gasteiger partial charge in [0.2, 0.25) is 0 Å². The Hall–Kier alpha value is -1.34. The molecule has 0 aliphatic heterocycles. The Kier molecular flexibility index (Phi) is 5.36. The second-order valence-corrected chi connectivity index (χ2v) is 3.65. The van der Waals surface area contributed by atoms with Gasteiger partial charge in [-0.25, -0.2) is 9.78 Å². The van der Waals surface area contributed by atoms with E-state index in [1.807, 2.05) is 0 Å². The summed E-state index contributed by atoms with van der Waals surface area (Å²) < 4.78 is 43.9. The zero-order valence-electron chi connectivity index (χ0n) is 9.04. The molecule has 0 aliphatic carbocycles. The highest BCUT2D eigenvalue weighted by Crippen LogP contribution is 2.14. The van der Waals surface area contributed by atoms with Crippen molar-refractivity contribution in [3.05, 3.63) is 29.0 Å². The predicted octanol–water partition coefficient (Wildman–Crippen LogP) is 2.36. The number of ether oxygens (including phenoxy) is 2. The topological polar surface area (TPSA) is 48.4 Å². The normalized spacial score (nSPS) is 11.3. The van der Waals surface area contributed by atoms with Crippen LogP contribution >= 0.6 is 11.6 Å². The summed E-state index contributed by atoms with van der Waals surface area (Å²) in [5.41, 5.74) is 0.573. The predicted molar refractivity (Wildman–Crippen MR) is 55.9 cm³/mol. The van der Waals surface area contributed by atoms with E-state index in [4.69, 9.17) is 11.6 Å². The van der Waals surface area contributed by atoms with Crippen molar-refractivity contribution < 1.29 is 27.4 Å². The van der Waals surface area contributed by atoms with Gasteiger partial charge in [0.1, 0.15) is 25.0 Å². The zero-order valence-corrected chi connectivity index (χ0v) is 9.79. The molecule has 0 amide bonds. The van der Waals surface area contributed by atoms with Crippen molar-refractivity contribution in [1.82, 2.24) is 4.98 Å². The smallest absolute Gasteiger partial charge is 0.411 e. The number of aromatic nitrogens is 1. The van der Waals surface area contributed by atoms with E-state index in [0.717, 1.165) is 0 Å². The summed E-state index contributed by atoms with van der Waals surface area (Å²) in [4.78, 5) is 14.8. The molecule has 4 nitrogen and oxygen atoms in total. The Labute approximate surface area is 106 Å². The van der Waals surface area contributed by atoms with Crippen molar-refractivity contribution in [3.63, 3.8) is 0 Å². The molecular weight excluding hydrogens is 275 g/mol. The summed E-state index contributed by atoms with van der Waals surface area (Å²) in [6.45, 7) is -2.33. The van der Waals surface area contributed by atoms with E-state index in [9.17, 15) is 18.0 Å². The van der Waals surface area contributed by atoms with Crippen molar-refractivity contribution in [1.29, 1.82) is 0 Å². The Morgan fingerprint density at radius 1 is 1.39 bits per heavy atom. The van der Waals surface area contributed by atoms with E-state index < -0.39 is 25.4 Å². The zero-order chi connectivity index (χ0) is 13.6. The monoisotopic (exact) mass is 283 g/mol. The van der Waals surface area contributed by atoms with Gasteiger partial charge in [-0.1, -0.05) is 17.7 Å². The molecule has 100 valence electrons. The first kappa shape index (κ1) is 14.7. The molecule has 0 aliphatic rings. The molecule has 0 spiro atoms. The first-order chi connectivity index (χ1) is 8.37. The van der Waals surface area contributed by atoms with Crippen LogP contribution in [-0.4, -0.2) is 30.3 Å². The highest BCUT2D eigenvalue weighted by atomic mass is 35.5. The third kappa shape index (κ3) is 6.41. The van der Waals surface area contributed by atoms with E-state index in [1.165, 1.54) is 12.3 Å². The van der Waals surface area contributed by atoms with Gasteiger partial charge in [-0.2, -0.15) is 13.2 Å². The van der Waals surface area contributed by atoms with E-state index in [2.05, 4.69) is 14.5 Å². The molecule has 0 saturated heterocycles. The van der Waals surface area contributed by atoms with Crippen LogP contribution in [0.15, 0.2) is 18.3 Å². The lowest BCUT2D eigenvalue weighted by molar-refractivity contribution is -0.181. The summed E-state index contributed by atoms with van der Waals surface area (Å²) in [6, 6.07) is 3.09. The van der Waals surface area contributed by atoms with Crippen molar-refractivity contribution in [3.8, 4) is 0 Å². The largest absolute Gasteiger partial charge is 0.459 e. The molecule has 0 atom stereocenters. The van der Waals surface area contributed by atoms with Gasteiger partial charge in [0.15, 0.2) is 0 Å². The van der Waals surface area contributed by atoms with Crippen molar-refractivity contribution in [2.75, 3.05) is 13.2 Å². The lowest BCUT2D eigenvalue weighted by atomic mass is 10.3. The number of nitrogens with zero attached hydrogens (tertiary/aromatic N) is 1. The molecule has 18 heavy (non-hydrogen) atoms. The Morgan fingerprint density at radius 3 is 2.67 bits per heavy atom. The molecule has 1 rings (SSSR count).